The number of nitrogens with one attached hydrogen (secondary N) is 1. The van der Waals surface area contributed by atoms with Crippen molar-refractivity contribution in [1.29, 1.82) is 0 Å². The summed E-state index contributed by atoms with van der Waals surface area (Å²) in [6.07, 6.45) is 6.17. The normalized spacial score (nSPS) is 21.0. The predicted molar refractivity (Wildman–Crippen MR) is 94.9 cm³/mol. The van der Waals surface area contributed by atoms with Crippen LogP contribution >= 0.6 is 0 Å². The molecule has 0 spiro atoms. The SMILES string of the molecule is Cc1cccc2c(N3CCCC(C(=O)NCC4CC4)C3)ncnc12. The average molecular weight is 324 g/mol. The maximum Gasteiger partial charge on any atom is 0.224 e. The molecule has 1 saturated heterocycles. The van der Waals surface area contributed by atoms with Crippen molar-refractivity contribution in [1.82, 2.24) is 15.3 Å². The Hall–Kier alpha value is -2.17. The summed E-state index contributed by atoms with van der Waals surface area (Å²) >= 11 is 0. The lowest BCUT2D eigenvalue weighted by Gasteiger charge is -2.33. The van der Waals surface area contributed by atoms with Gasteiger partial charge in [-0.05, 0) is 50.2 Å². The van der Waals surface area contributed by atoms with Gasteiger partial charge in [-0.25, -0.2) is 9.97 Å². The van der Waals surface area contributed by atoms with Gasteiger partial charge in [0.15, 0.2) is 0 Å². The predicted octanol–water partition coefficient (Wildman–Crippen LogP) is 2.68. The maximum atomic E-state index is 12.5. The van der Waals surface area contributed by atoms with Gasteiger partial charge in [-0.1, -0.05) is 12.1 Å². The fourth-order valence-corrected chi connectivity index (χ4v) is 3.57. The second kappa shape index (κ2) is 6.38. The highest BCUT2D eigenvalue weighted by atomic mass is 16.1. The molecule has 1 atom stereocenters. The van der Waals surface area contributed by atoms with E-state index in [0.29, 0.717) is 0 Å². The van der Waals surface area contributed by atoms with Gasteiger partial charge in [-0.2, -0.15) is 0 Å². The second-order valence-electron chi connectivity index (χ2n) is 7.14. The number of nitrogens with zero attached hydrogens (tertiary/aromatic N) is 3. The molecular formula is C19H24N4O. The summed E-state index contributed by atoms with van der Waals surface area (Å²) < 4.78 is 0. The van der Waals surface area contributed by atoms with Crippen LogP contribution in [0, 0.1) is 18.8 Å². The van der Waals surface area contributed by atoms with Crippen molar-refractivity contribution >= 4 is 22.6 Å². The van der Waals surface area contributed by atoms with Crippen LogP contribution in [-0.4, -0.2) is 35.5 Å². The van der Waals surface area contributed by atoms with E-state index in [4.69, 9.17) is 0 Å². The van der Waals surface area contributed by atoms with E-state index in [1.165, 1.54) is 12.8 Å². The third kappa shape index (κ3) is 3.07. The first kappa shape index (κ1) is 15.4. The van der Waals surface area contributed by atoms with E-state index >= 15 is 0 Å². The summed E-state index contributed by atoms with van der Waals surface area (Å²) in [7, 11) is 0. The maximum absolute atomic E-state index is 12.5. The van der Waals surface area contributed by atoms with Crippen LogP contribution in [0.1, 0.15) is 31.2 Å². The van der Waals surface area contributed by atoms with E-state index < -0.39 is 0 Å². The summed E-state index contributed by atoms with van der Waals surface area (Å²) in [6.45, 7) is 4.62. The van der Waals surface area contributed by atoms with Gasteiger partial charge in [-0.3, -0.25) is 4.79 Å². The number of carbonyl (C=O) groups excluding carboxylic acids is 1. The van der Waals surface area contributed by atoms with Crippen LogP contribution in [0.15, 0.2) is 24.5 Å². The van der Waals surface area contributed by atoms with Crippen molar-refractivity contribution in [2.75, 3.05) is 24.5 Å². The molecule has 2 fully saturated rings. The molecule has 0 bridgehead atoms. The van der Waals surface area contributed by atoms with E-state index in [0.717, 1.165) is 60.7 Å². The summed E-state index contributed by atoms with van der Waals surface area (Å²) in [5.41, 5.74) is 2.16. The van der Waals surface area contributed by atoms with E-state index in [1.807, 2.05) is 6.07 Å². The van der Waals surface area contributed by atoms with Gasteiger partial charge in [0.05, 0.1) is 11.4 Å². The number of aromatic nitrogens is 2. The number of anilines is 1. The lowest BCUT2D eigenvalue weighted by atomic mass is 9.96. The molecule has 126 valence electrons. The zero-order valence-electron chi connectivity index (χ0n) is 14.2. The molecule has 1 aliphatic heterocycles. The number of benzene rings is 1. The highest BCUT2D eigenvalue weighted by Crippen LogP contribution is 2.30. The van der Waals surface area contributed by atoms with E-state index in [1.54, 1.807) is 6.33 Å². The third-order valence-electron chi connectivity index (χ3n) is 5.20. The molecule has 1 aromatic carbocycles. The Kier molecular flexibility index (Phi) is 4.08. The number of carbonyl (C=O) groups is 1. The minimum Gasteiger partial charge on any atom is -0.356 e. The minimum absolute atomic E-state index is 0.0623. The second-order valence-corrected chi connectivity index (χ2v) is 7.14. The van der Waals surface area contributed by atoms with Crippen molar-refractivity contribution in [2.24, 2.45) is 11.8 Å². The molecule has 1 saturated carbocycles. The van der Waals surface area contributed by atoms with Crippen LogP contribution < -0.4 is 10.2 Å². The molecule has 0 radical (unpaired) electrons. The first-order valence-electron chi connectivity index (χ1n) is 8.95. The molecule has 2 aliphatic rings. The van der Waals surface area contributed by atoms with Crippen LogP contribution in [0.3, 0.4) is 0 Å². The van der Waals surface area contributed by atoms with E-state index in [-0.39, 0.29) is 11.8 Å². The fraction of sp³-hybridized carbons (Fsp3) is 0.526. The van der Waals surface area contributed by atoms with Crippen molar-refractivity contribution in [3.63, 3.8) is 0 Å². The van der Waals surface area contributed by atoms with Crippen LogP contribution in [0.5, 0.6) is 0 Å². The monoisotopic (exact) mass is 324 g/mol. The largest absolute Gasteiger partial charge is 0.356 e. The van der Waals surface area contributed by atoms with E-state index in [9.17, 15) is 4.79 Å². The third-order valence-corrected chi connectivity index (χ3v) is 5.20. The number of rotatable bonds is 4. The van der Waals surface area contributed by atoms with Crippen LogP contribution in [0.2, 0.25) is 0 Å². The number of piperidine rings is 1. The molecule has 1 aromatic heterocycles. The zero-order chi connectivity index (χ0) is 16.5. The van der Waals surface area contributed by atoms with Crippen LogP contribution in [0.4, 0.5) is 5.82 Å². The van der Waals surface area contributed by atoms with Gasteiger partial charge in [-0.15, -0.1) is 0 Å². The number of para-hydroxylation sites is 1. The summed E-state index contributed by atoms with van der Waals surface area (Å²) in [4.78, 5) is 23.7. The summed E-state index contributed by atoms with van der Waals surface area (Å²) in [5, 5.41) is 4.21. The number of aryl methyl sites for hydroxylation is 1. The Labute approximate surface area is 142 Å². The molecule has 1 amide bonds. The zero-order valence-corrected chi connectivity index (χ0v) is 14.2. The summed E-state index contributed by atoms with van der Waals surface area (Å²) in [6, 6.07) is 6.20. The molecule has 1 aliphatic carbocycles. The van der Waals surface area contributed by atoms with Crippen molar-refractivity contribution in [3.05, 3.63) is 30.1 Å². The molecule has 24 heavy (non-hydrogen) atoms. The van der Waals surface area contributed by atoms with Gasteiger partial charge >= 0.3 is 0 Å². The highest BCUT2D eigenvalue weighted by molar-refractivity contribution is 5.91. The van der Waals surface area contributed by atoms with Gasteiger partial charge in [0.2, 0.25) is 5.91 Å². The lowest BCUT2D eigenvalue weighted by Crippen LogP contribution is -2.43. The first-order chi connectivity index (χ1) is 11.7. The van der Waals surface area contributed by atoms with Gasteiger partial charge < -0.3 is 10.2 Å². The summed E-state index contributed by atoms with van der Waals surface area (Å²) in [5.74, 6) is 1.96. The molecule has 5 heteroatoms. The topological polar surface area (TPSA) is 58.1 Å². The number of amides is 1. The van der Waals surface area contributed by atoms with Gasteiger partial charge in [0.1, 0.15) is 12.1 Å². The van der Waals surface area contributed by atoms with Crippen LogP contribution in [-0.2, 0) is 4.79 Å². The molecule has 1 unspecified atom stereocenters. The minimum atomic E-state index is 0.0623. The van der Waals surface area contributed by atoms with E-state index in [2.05, 4.69) is 39.2 Å². The van der Waals surface area contributed by atoms with Gasteiger partial charge in [0, 0.05) is 25.0 Å². The first-order valence-corrected chi connectivity index (χ1v) is 8.95. The fourth-order valence-electron chi connectivity index (χ4n) is 3.57. The van der Waals surface area contributed by atoms with Gasteiger partial charge in [0.25, 0.3) is 0 Å². The highest BCUT2D eigenvalue weighted by Gasteiger charge is 2.29. The molecule has 2 heterocycles. The average Bonchev–Trinajstić information content (AvgIpc) is 3.44. The van der Waals surface area contributed by atoms with Crippen LogP contribution in [0.25, 0.3) is 10.9 Å². The quantitative estimate of drug-likeness (QED) is 0.939. The molecule has 1 N–H and O–H groups in total. The number of fused-ring (bicyclic) bond motifs is 1. The Morgan fingerprint density at radius 1 is 1.29 bits per heavy atom. The lowest BCUT2D eigenvalue weighted by molar-refractivity contribution is -0.125. The van der Waals surface area contributed by atoms with Crippen molar-refractivity contribution in [3.8, 4) is 0 Å². The molecule has 4 rings (SSSR count). The smallest absolute Gasteiger partial charge is 0.224 e. The Morgan fingerprint density at radius 2 is 2.17 bits per heavy atom. The van der Waals surface area contributed by atoms with Crippen molar-refractivity contribution in [2.45, 2.75) is 32.6 Å². The standard InChI is InChI=1S/C19H24N4O/c1-13-4-2-6-16-17(13)21-12-22-18(16)23-9-3-5-15(11-23)19(24)20-10-14-7-8-14/h2,4,6,12,14-15H,3,5,7-11H2,1H3,(H,20,24). The number of hydrogen-bond donors (Lipinski definition) is 1. The molecule has 5 nitrogen and oxygen atoms in total. The Balaban J connectivity index is 1.53. The molecule has 2 aromatic rings. The van der Waals surface area contributed by atoms with Crippen molar-refractivity contribution < 1.29 is 4.79 Å². The Bertz CT molecular complexity index is 756. The number of hydrogen-bond acceptors (Lipinski definition) is 4. The molecular weight excluding hydrogens is 300 g/mol. The Morgan fingerprint density at radius 3 is 3.00 bits per heavy atom.